The van der Waals surface area contributed by atoms with Crippen molar-refractivity contribution < 1.29 is 23.7 Å². The molecule has 0 spiro atoms. The van der Waals surface area contributed by atoms with Gasteiger partial charge in [0, 0.05) is 24.4 Å². The van der Waals surface area contributed by atoms with E-state index in [1.54, 1.807) is 6.20 Å². The van der Waals surface area contributed by atoms with E-state index in [1.165, 1.54) is 0 Å². The Morgan fingerprint density at radius 1 is 0.920 bits per heavy atom. The van der Waals surface area contributed by atoms with Crippen molar-refractivity contribution in [3.8, 4) is 0 Å². The Labute approximate surface area is 293 Å². The number of pyridine rings is 1. The van der Waals surface area contributed by atoms with E-state index in [9.17, 15) is 9.59 Å². The van der Waals surface area contributed by atoms with Gasteiger partial charge in [0.15, 0.2) is 0 Å². The van der Waals surface area contributed by atoms with Gasteiger partial charge in [0.25, 0.3) is 11.8 Å². The lowest BCUT2D eigenvalue weighted by molar-refractivity contribution is -0.199. The second-order valence-electron chi connectivity index (χ2n) is 15.3. The van der Waals surface area contributed by atoms with Crippen molar-refractivity contribution in [1.29, 1.82) is 0 Å². The summed E-state index contributed by atoms with van der Waals surface area (Å²) in [6.07, 6.45) is 4.75. The molecule has 2 aliphatic heterocycles. The Morgan fingerprint density at radius 2 is 1.64 bits per heavy atom. The molecule has 0 radical (unpaired) electrons. The van der Waals surface area contributed by atoms with Crippen LogP contribution in [-0.2, 0) is 31.8 Å². The Hall–Kier alpha value is -4.54. The van der Waals surface area contributed by atoms with Gasteiger partial charge in [-0.05, 0) is 66.0 Å². The van der Waals surface area contributed by atoms with Crippen LogP contribution in [0.5, 0.6) is 0 Å². The van der Waals surface area contributed by atoms with Crippen LogP contribution >= 0.6 is 0 Å². The monoisotopic (exact) mass is 670 g/mol. The lowest BCUT2D eigenvalue weighted by Crippen LogP contribution is -2.65. The van der Waals surface area contributed by atoms with Crippen LogP contribution < -0.4 is 10.6 Å². The first-order valence-corrected chi connectivity index (χ1v) is 17.7. The maximum atomic E-state index is 14.6. The van der Waals surface area contributed by atoms with Crippen molar-refractivity contribution in [2.24, 2.45) is 22.4 Å². The predicted octanol–water partition coefficient (Wildman–Crippen LogP) is 5.72. The van der Waals surface area contributed by atoms with Crippen LogP contribution in [0.1, 0.15) is 61.6 Å². The normalized spacial score (nSPS) is 28.2. The molecule has 1 aromatic heterocycles. The third kappa shape index (κ3) is 5.78. The molecule has 10 heteroatoms. The number of oxime groups is 1. The molecule has 5 aliphatic rings. The number of carbonyl (C=O) groups is 2. The van der Waals surface area contributed by atoms with Crippen LogP contribution in [0.15, 0.2) is 102 Å². The van der Waals surface area contributed by atoms with Gasteiger partial charge in [-0.2, -0.15) is 0 Å². The molecule has 50 heavy (non-hydrogen) atoms. The van der Waals surface area contributed by atoms with Gasteiger partial charge < -0.3 is 24.8 Å². The van der Waals surface area contributed by atoms with E-state index in [0.717, 1.165) is 34.7 Å². The molecule has 4 aromatic rings. The van der Waals surface area contributed by atoms with Crippen LogP contribution in [0.3, 0.4) is 0 Å². The number of carbonyl (C=O) groups excluding carboxylic acids is 2. The van der Waals surface area contributed by atoms with Gasteiger partial charge in [-0.15, -0.1) is 0 Å². The second kappa shape index (κ2) is 12.7. The summed E-state index contributed by atoms with van der Waals surface area (Å²) in [6.45, 7) is 7.00. The zero-order valence-corrected chi connectivity index (χ0v) is 28.8. The van der Waals surface area contributed by atoms with E-state index in [-0.39, 0.29) is 36.3 Å². The van der Waals surface area contributed by atoms with E-state index < -0.39 is 24.3 Å². The van der Waals surface area contributed by atoms with Gasteiger partial charge in [-0.25, -0.2) is 0 Å². The maximum absolute atomic E-state index is 14.6. The highest BCUT2D eigenvalue weighted by molar-refractivity contribution is 6.48. The standard InChI is InChI=1S/C40H43BN4O5/c1-38(2)29-21-32(38)39(3)33(22-29)48-41(49-39)34(20-26-12-6-4-7-13-26)44-37(47)40(23-27-14-8-5-9-15-27)24-30(45-50-40)25-43-36(46)35-31-17-11-10-16-28(31)18-19-42-35/h4-19,29,32-34H,20-25H2,1-3H3,(H,43,46)(H,44,47)/t29-,32-,33+,34-,39-,40?/m0/s1. The zero-order chi connectivity index (χ0) is 34.5. The first-order chi connectivity index (χ1) is 24.1. The van der Waals surface area contributed by atoms with Gasteiger partial charge in [-0.1, -0.05) is 104 Å². The highest BCUT2D eigenvalue weighted by Crippen LogP contribution is 2.65. The molecule has 3 heterocycles. The van der Waals surface area contributed by atoms with Crippen molar-refractivity contribution in [2.75, 3.05) is 6.54 Å². The molecular weight excluding hydrogens is 627 g/mol. The number of rotatable bonds is 10. The lowest BCUT2D eigenvalue weighted by Gasteiger charge is -2.64. The van der Waals surface area contributed by atoms with E-state index in [1.807, 2.05) is 78.9 Å². The molecule has 256 valence electrons. The first kappa shape index (κ1) is 32.7. The van der Waals surface area contributed by atoms with Crippen molar-refractivity contribution in [2.45, 2.75) is 76.1 Å². The largest absolute Gasteiger partial charge is 0.482 e. The van der Waals surface area contributed by atoms with Gasteiger partial charge in [0.2, 0.25) is 5.60 Å². The third-order valence-electron chi connectivity index (χ3n) is 11.8. The zero-order valence-electron chi connectivity index (χ0n) is 28.8. The fraction of sp³-hybridized carbons (Fsp3) is 0.400. The minimum Gasteiger partial charge on any atom is -0.404 e. The van der Waals surface area contributed by atoms with Gasteiger partial charge in [-0.3, -0.25) is 14.6 Å². The number of hydrogen-bond acceptors (Lipinski definition) is 7. The molecule has 2 amide bonds. The van der Waals surface area contributed by atoms with Crippen LogP contribution in [0, 0.1) is 17.3 Å². The smallest absolute Gasteiger partial charge is 0.404 e. The van der Waals surface area contributed by atoms with Gasteiger partial charge in [0.1, 0.15) is 5.69 Å². The number of amides is 2. The van der Waals surface area contributed by atoms with Crippen molar-refractivity contribution >= 4 is 35.4 Å². The van der Waals surface area contributed by atoms with Crippen molar-refractivity contribution in [3.05, 3.63) is 114 Å². The summed E-state index contributed by atoms with van der Waals surface area (Å²) in [6, 6.07) is 29.4. The quantitative estimate of drug-likeness (QED) is 0.209. The number of hydrogen-bond donors (Lipinski definition) is 2. The highest BCUT2D eigenvalue weighted by atomic mass is 16.7. The highest BCUT2D eigenvalue weighted by Gasteiger charge is 2.68. The van der Waals surface area contributed by atoms with Crippen LogP contribution in [0.2, 0.25) is 0 Å². The number of benzene rings is 3. The average molecular weight is 671 g/mol. The molecule has 3 aromatic carbocycles. The maximum Gasteiger partial charge on any atom is 0.482 e. The molecule has 1 unspecified atom stereocenters. The van der Waals surface area contributed by atoms with E-state index >= 15 is 0 Å². The number of nitrogens with one attached hydrogen (secondary N) is 2. The lowest BCUT2D eigenvalue weighted by atomic mass is 9.43. The summed E-state index contributed by atoms with van der Waals surface area (Å²) < 4.78 is 13.6. The van der Waals surface area contributed by atoms with Crippen LogP contribution in [0.4, 0.5) is 0 Å². The molecule has 3 aliphatic carbocycles. The number of nitrogens with zero attached hydrogens (tertiary/aromatic N) is 2. The Morgan fingerprint density at radius 3 is 2.40 bits per heavy atom. The fourth-order valence-electron chi connectivity index (χ4n) is 8.88. The second-order valence-corrected chi connectivity index (χ2v) is 15.3. The summed E-state index contributed by atoms with van der Waals surface area (Å²) in [4.78, 5) is 38.4. The van der Waals surface area contributed by atoms with E-state index in [4.69, 9.17) is 14.1 Å². The SMILES string of the molecule is CC1(C)[C@@H]2C[C@H]3OB([C@H](Cc4ccccc4)NC(=O)C4(Cc5ccccc5)CC(CNC(=O)c5nccc6ccccc56)=NO4)O[C@@]3(C)[C@H]1C2. The molecule has 2 N–H and O–H groups in total. The summed E-state index contributed by atoms with van der Waals surface area (Å²) in [5.41, 5.74) is 1.38. The van der Waals surface area contributed by atoms with Crippen molar-refractivity contribution in [1.82, 2.24) is 15.6 Å². The summed E-state index contributed by atoms with van der Waals surface area (Å²) >= 11 is 0. The third-order valence-corrected chi connectivity index (χ3v) is 11.8. The molecule has 2 bridgehead atoms. The van der Waals surface area contributed by atoms with E-state index in [0.29, 0.717) is 36.1 Å². The Balaban J connectivity index is 1.02. The minimum atomic E-state index is -1.33. The molecule has 9 rings (SSSR count). The molecule has 4 fully saturated rings. The summed E-state index contributed by atoms with van der Waals surface area (Å²) in [5, 5.41) is 12.4. The Bertz CT molecular complexity index is 1930. The van der Waals surface area contributed by atoms with Gasteiger partial charge >= 0.3 is 7.12 Å². The Kier molecular flexibility index (Phi) is 8.27. The number of aromatic nitrogens is 1. The molecule has 6 atom stereocenters. The van der Waals surface area contributed by atoms with E-state index in [2.05, 4.69) is 53.7 Å². The summed E-state index contributed by atoms with van der Waals surface area (Å²) in [7, 11) is -0.618. The van der Waals surface area contributed by atoms with Crippen molar-refractivity contribution in [3.63, 3.8) is 0 Å². The topological polar surface area (TPSA) is 111 Å². The van der Waals surface area contributed by atoms with Crippen LogP contribution in [0.25, 0.3) is 10.8 Å². The van der Waals surface area contributed by atoms with Crippen LogP contribution in [-0.4, -0.2) is 59.4 Å². The number of fused-ring (bicyclic) bond motifs is 1. The first-order valence-electron chi connectivity index (χ1n) is 17.7. The minimum absolute atomic E-state index is 0.0183. The average Bonchev–Trinajstić information content (AvgIpc) is 3.72. The van der Waals surface area contributed by atoms with Gasteiger partial charge in [0.05, 0.1) is 29.9 Å². The fourth-order valence-corrected chi connectivity index (χ4v) is 8.88. The molecule has 9 nitrogen and oxygen atoms in total. The molecular formula is C40H43BN4O5. The predicted molar refractivity (Wildman–Crippen MR) is 192 cm³/mol. The molecule has 1 saturated heterocycles. The molecule has 3 saturated carbocycles. The summed E-state index contributed by atoms with van der Waals surface area (Å²) in [5.74, 6) is -0.0627.